The van der Waals surface area contributed by atoms with Gasteiger partial charge in [0.1, 0.15) is 11.2 Å². The van der Waals surface area contributed by atoms with Crippen molar-refractivity contribution in [2.75, 3.05) is 23.0 Å². The van der Waals surface area contributed by atoms with Crippen LogP contribution in [0.4, 0.5) is 34.1 Å². The summed E-state index contributed by atoms with van der Waals surface area (Å²) in [4.78, 5) is 5.12. The molecule has 0 N–H and O–H groups in total. The minimum Gasteiger partial charge on any atom is -0.489 e. The summed E-state index contributed by atoms with van der Waals surface area (Å²) in [6.07, 6.45) is 0.813. The molecule has 0 spiro atoms. The summed E-state index contributed by atoms with van der Waals surface area (Å²) in [5, 5.41) is 2.25. The lowest BCUT2D eigenvalue weighted by atomic mass is 9.33. The first-order valence-corrected chi connectivity index (χ1v) is 28.0. The van der Waals surface area contributed by atoms with Gasteiger partial charge in [0.2, 0.25) is 0 Å². The van der Waals surface area contributed by atoms with E-state index in [1.807, 2.05) is 6.07 Å². The summed E-state index contributed by atoms with van der Waals surface area (Å²) in [6, 6.07) is 62.0. The van der Waals surface area contributed by atoms with Crippen molar-refractivity contribution in [1.82, 2.24) is 0 Å². The molecule has 0 fully saturated rings. The first kappa shape index (κ1) is 49.6. The molecule has 3 aliphatic rings. The van der Waals surface area contributed by atoms with E-state index in [-0.39, 0.29) is 23.0 Å². The smallest absolute Gasteiger partial charge is 0.252 e. The summed E-state index contributed by atoms with van der Waals surface area (Å²) in [7, 11) is 0. The number of para-hydroxylation sites is 1. The molecule has 0 bridgehead atoms. The van der Waals surface area contributed by atoms with Crippen molar-refractivity contribution in [1.29, 1.82) is 0 Å². The van der Waals surface area contributed by atoms with E-state index in [4.69, 9.17) is 13.9 Å². The van der Waals surface area contributed by atoms with E-state index in [1.54, 1.807) is 0 Å². The highest BCUT2D eigenvalue weighted by molar-refractivity contribution is 7.00. The third-order valence-corrected chi connectivity index (χ3v) is 16.7. The standard InChI is InChI=1S/C72H69BN2O3/c1-43-34-61-66-62(35-43)75(67-44(2)36-54(37-45(67)3)72(10,11)12)68-59(30-31-64-69(68)77-33-15-32-76-64)73(66)58-29-23-48(49-22-28-57-56-16-13-14-17-63(56)78-65(57)42-49)41-60(58)74(61)55-39-50(46-18-24-52(25-19-46)70(4,5)6)38-51(40-55)47-20-26-53(27-21-47)71(7,8)9/h13-14,16-31,34-42H,15,32-33H2,1-12H3. The van der Waals surface area contributed by atoms with Gasteiger partial charge >= 0.3 is 0 Å². The molecular weight excluding hydrogens is 952 g/mol. The molecule has 0 amide bonds. The maximum absolute atomic E-state index is 6.93. The average molecular weight is 1020 g/mol. The number of ether oxygens (including phenoxy) is 2. The van der Waals surface area contributed by atoms with Crippen LogP contribution in [0, 0.1) is 20.8 Å². The van der Waals surface area contributed by atoms with Crippen molar-refractivity contribution >= 4 is 79.2 Å². The van der Waals surface area contributed by atoms with E-state index in [9.17, 15) is 0 Å². The lowest BCUT2D eigenvalue weighted by molar-refractivity contribution is 0.297. The highest BCUT2D eigenvalue weighted by Crippen LogP contribution is 2.52. The quantitative estimate of drug-likeness (QED) is 0.161. The van der Waals surface area contributed by atoms with Gasteiger partial charge < -0.3 is 23.7 Å². The average Bonchev–Trinajstić information content (AvgIpc) is 3.72. The van der Waals surface area contributed by atoms with Crippen LogP contribution in [0.1, 0.15) is 102 Å². The minimum absolute atomic E-state index is 0.0208. The van der Waals surface area contributed by atoms with Crippen molar-refractivity contribution in [3.05, 3.63) is 197 Å². The molecule has 388 valence electrons. The van der Waals surface area contributed by atoms with Crippen LogP contribution in [0.5, 0.6) is 11.5 Å². The number of benzene rings is 9. The molecule has 0 saturated carbocycles. The number of rotatable bonds is 5. The molecule has 78 heavy (non-hydrogen) atoms. The van der Waals surface area contributed by atoms with E-state index < -0.39 is 0 Å². The molecule has 4 heterocycles. The Morgan fingerprint density at radius 1 is 0.423 bits per heavy atom. The minimum atomic E-state index is -0.135. The third-order valence-electron chi connectivity index (χ3n) is 16.7. The summed E-state index contributed by atoms with van der Waals surface area (Å²) < 4.78 is 20.0. The van der Waals surface area contributed by atoms with Gasteiger partial charge in [-0.2, -0.15) is 0 Å². The first-order valence-electron chi connectivity index (χ1n) is 28.0. The van der Waals surface area contributed by atoms with Crippen LogP contribution in [0.25, 0.3) is 55.3 Å². The Labute approximate surface area is 461 Å². The van der Waals surface area contributed by atoms with Gasteiger partial charge in [-0.25, -0.2) is 0 Å². The van der Waals surface area contributed by atoms with Crippen LogP contribution in [-0.2, 0) is 16.2 Å². The number of aryl methyl sites for hydroxylation is 3. The van der Waals surface area contributed by atoms with Gasteiger partial charge in [0, 0.05) is 39.9 Å². The first-order chi connectivity index (χ1) is 37.3. The topological polar surface area (TPSA) is 38.1 Å². The molecule has 9 aromatic carbocycles. The largest absolute Gasteiger partial charge is 0.489 e. The molecule has 3 aliphatic heterocycles. The van der Waals surface area contributed by atoms with Gasteiger partial charge in [0.05, 0.1) is 24.6 Å². The van der Waals surface area contributed by atoms with Gasteiger partial charge in [-0.3, -0.25) is 0 Å². The number of furan rings is 1. The van der Waals surface area contributed by atoms with Crippen LogP contribution >= 0.6 is 0 Å². The van der Waals surface area contributed by atoms with Crippen molar-refractivity contribution < 1.29 is 13.9 Å². The van der Waals surface area contributed by atoms with Crippen LogP contribution in [0.15, 0.2) is 168 Å². The van der Waals surface area contributed by atoms with E-state index in [0.717, 1.165) is 90.5 Å². The molecule has 13 rings (SSSR count). The van der Waals surface area contributed by atoms with Crippen molar-refractivity contribution in [3.8, 4) is 44.9 Å². The molecule has 1 aromatic heterocycles. The van der Waals surface area contributed by atoms with Gasteiger partial charge in [0.15, 0.2) is 11.5 Å². The number of anilines is 6. The zero-order valence-corrected chi connectivity index (χ0v) is 47.4. The molecule has 6 heteroatoms. The lowest BCUT2D eigenvalue weighted by Gasteiger charge is -2.45. The van der Waals surface area contributed by atoms with Gasteiger partial charge in [-0.1, -0.05) is 165 Å². The predicted octanol–water partition coefficient (Wildman–Crippen LogP) is 17.6. The van der Waals surface area contributed by atoms with E-state index in [1.165, 1.54) is 66.6 Å². The fourth-order valence-corrected chi connectivity index (χ4v) is 12.6. The van der Waals surface area contributed by atoms with Crippen molar-refractivity contribution in [3.63, 3.8) is 0 Å². The normalized spacial score (nSPS) is 14.1. The molecule has 0 radical (unpaired) electrons. The second-order valence-corrected chi connectivity index (χ2v) is 25.4. The Morgan fingerprint density at radius 3 is 1.62 bits per heavy atom. The monoisotopic (exact) mass is 1020 g/mol. The Kier molecular flexibility index (Phi) is 11.5. The predicted molar refractivity (Wildman–Crippen MR) is 330 cm³/mol. The molecule has 0 atom stereocenters. The molecule has 10 aromatic rings. The van der Waals surface area contributed by atoms with Crippen LogP contribution < -0.4 is 35.7 Å². The fourth-order valence-electron chi connectivity index (χ4n) is 12.6. The summed E-state index contributed by atoms with van der Waals surface area (Å²) in [6.45, 7) is 28.5. The Balaban J connectivity index is 1.11. The number of fused-ring (bicyclic) bond motifs is 9. The van der Waals surface area contributed by atoms with Crippen molar-refractivity contribution in [2.24, 2.45) is 0 Å². The van der Waals surface area contributed by atoms with E-state index in [0.29, 0.717) is 13.2 Å². The molecule has 0 aliphatic carbocycles. The van der Waals surface area contributed by atoms with Crippen molar-refractivity contribution in [2.45, 2.75) is 106 Å². The Hall–Kier alpha value is -7.96. The lowest BCUT2D eigenvalue weighted by Crippen LogP contribution is -2.61. The van der Waals surface area contributed by atoms with Crippen LogP contribution in [0.3, 0.4) is 0 Å². The zero-order chi connectivity index (χ0) is 54.2. The summed E-state index contributed by atoms with van der Waals surface area (Å²) in [5.74, 6) is 1.60. The van der Waals surface area contributed by atoms with Gasteiger partial charge in [-0.15, -0.1) is 0 Å². The fraction of sp³-hybridized carbons (Fsp3) is 0.250. The second kappa shape index (κ2) is 18.1. The molecule has 0 saturated heterocycles. The van der Waals surface area contributed by atoms with Gasteiger partial charge in [0.25, 0.3) is 6.71 Å². The number of hydrogen-bond donors (Lipinski definition) is 0. The Bertz CT molecular complexity index is 3950. The summed E-state index contributed by atoms with van der Waals surface area (Å²) >= 11 is 0. The number of nitrogens with zero attached hydrogens (tertiary/aromatic N) is 2. The maximum atomic E-state index is 6.93. The van der Waals surface area contributed by atoms with Crippen LogP contribution in [0.2, 0.25) is 0 Å². The molecule has 0 unspecified atom stereocenters. The zero-order valence-electron chi connectivity index (χ0n) is 47.4. The van der Waals surface area contributed by atoms with E-state index >= 15 is 0 Å². The summed E-state index contributed by atoms with van der Waals surface area (Å²) in [5.41, 5.74) is 26.7. The second-order valence-electron chi connectivity index (χ2n) is 25.4. The SMILES string of the molecule is Cc1cc2c3c(c1)N(c1c(C)cc(C(C)(C)C)cc1C)c1c(ccc4c1OCCCO4)B3c1ccc(-c3ccc4c(c3)oc3ccccc34)cc1N2c1cc(-c2ccc(C(C)(C)C)cc2)cc(-c2ccc(C(C)(C)C)cc2)c1. The van der Waals surface area contributed by atoms with Gasteiger partial charge in [-0.05, 0) is 181 Å². The maximum Gasteiger partial charge on any atom is 0.252 e. The highest BCUT2D eigenvalue weighted by Gasteiger charge is 2.46. The van der Waals surface area contributed by atoms with Crippen LogP contribution in [-0.4, -0.2) is 19.9 Å². The third kappa shape index (κ3) is 8.29. The molecule has 5 nitrogen and oxygen atoms in total. The number of hydrogen-bond acceptors (Lipinski definition) is 5. The van der Waals surface area contributed by atoms with E-state index in [2.05, 4.69) is 251 Å². The molecular formula is C72H69BN2O3. The Morgan fingerprint density at radius 2 is 0.974 bits per heavy atom. The highest BCUT2D eigenvalue weighted by atomic mass is 16.5.